The van der Waals surface area contributed by atoms with E-state index in [0.29, 0.717) is 44.8 Å². The van der Waals surface area contributed by atoms with Gasteiger partial charge >= 0.3 is 0 Å². The minimum Gasteiger partial charge on any atom is -0.497 e. The van der Waals surface area contributed by atoms with Gasteiger partial charge in [0.2, 0.25) is 11.8 Å². The lowest BCUT2D eigenvalue weighted by Gasteiger charge is -2.41. The lowest BCUT2D eigenvalue weighted by Crippen LogP contribution is -2.55. The lowest BCUT2D eigenvalue weighted by atomic mass is 9.87. The number of carbonyl (C=O) groups is 3. The third-order valence-electron chi connectivity index (χ3n) is 7.36. The number of Topliss-reactive ketones (excluding diaryl/α,β-unsaturated/α-hetero) is 1. The number of amides is 2. The van der Waals surface area contributed by atoms with E-state index in [0.717, 1.165) is 5.56 Å². The number of nitrogens with zero attached hydrogens (tertiary/aromatic N) is 1. The van der Waals surface area contributed by atoms with Gasteiger partial charge in [0.15, 0.2) is 11.5 Å². The molecule has 0 radical (unpaired) electrons. The predicted molar refractivity (Wildman–Crippen MR) is 172 cm³/mol. The summed E-state index contributed by atoms with van der Waals surface area (Å²) in [6.07, 6.45) is 0.464. The van der Waals surface area contributed by atoms with Crippen molar-refractivity contribution < 1.29 is 43.9 Å². The Morgan fingerprint density at radius 2 is 1.84 bits per heavy atom. The zero-order valence-corrected chi connectivity index (χ0v) is 27.4. The molecule has 0 fully saturated rings. The molecule has 3 unspecified atom stereocenters. The average Bonchev–Trinajstić information content (AvgIpc) is 3.01. The Labute approximate surface area is 271 Å². The molecule has 3 rings (SSSR count). The molecule has 4 N–H and O–H groups in total. The minimum atomic E-state index is -1.23. The van der Waals surface area contributed by atoms with Crippen LogP contribution in [0.1, 0.15) is 43.7 Å². The summed E-state index contributed by atoms with van der Waals surface area (Å²) in [5, 5.41) is 33.3. The van der Waals surface area contributed by atoms with Crippen molar-refractivity contribution in [2.45, 2.75) is 63.9 Å². The van der Waals surface area contributed by atoms with Gasteiger partial charge in [-0.25, -0.2) is 0 Å². The monoisotopic (exact) mass is 724 g/mol. The molecule has 0 spiro atoms. The summed E-state index contributed by atoms with van der Waals surface area (Å²) in [6.45, 7) is 1.29. The average molecular weight is 725 g/mol. The number of benzene rings is 2. The van der Waals surface area contributed by atoms with E-state index in [-0.39, 0.29) is 57.3 Å². The van der Waals surface area contributed by atoms with Crippen LogP contribution in [-0.2, 0) is 27.4 Å². The largest absolute Gasteiger partial charge is 0.497 e. The van der Waals surface area contributed by atoms with E-state index in [1.807, 2.05) is 46.9 Å². The van der Waals surface area contributed by atoms with Crippen LogP contribution in [0.15, 0.2) is 48.0 Å². The molecule has 44 heavy (non-hydrogen) atoms. The topological polar surface area (TPSA) is 155 Å². The molecular weight excluding hydrogens is 683 g/mol. The van der Waals surface area contributed by atoms with Crippen molar-refractivity contribution >= 4 is 40.2 Å². The van der Waals surface area contributed by atoms with Gasteiger partial charge in [-0.15, -0.1) is 0 Å². The van der Waals surface area contributed by atoms with Crippen LogP contribution >= 0.6 is 22.6 Å². The molecule has 1 aliphatic rings. The lowest BCUT2D eigenvalue weighted by molar-refractivity contribution is -0.138. The summed E-state index contributed by atoms with van der Waals surface area (Å²) < 4.78 is 17.8. The highest BCUT2D eigenvalue weighted by atomic mass is 127. The standard InChI is InChI=1S/C32H41IN2O9/c1-20(38)6-4-9-29(39)35(12-10-21-7-5-8-24(14-21)42-2)26-17-23(32(41)34-11-13-36)18-27(30(26)40)44-31-25(33)15-22(19-37)16-28(31)43-3/h5,7-8,14-16,18,26-27,30,36-37,40H,4,6,9-13,17,19H2,1-3H3,(H,34,41). The van der Waals surface area contributed by atoms with Gasteiger partial charge in [-0.1, -0.05) is 12.1 Å². The molecule has 0 bridgehead atoms. The maximum atomic E-state index is 13.7. The summed E-state index contributed by atoms with van der Waals surface area (Å²) in [7, 11) is 3.04. The Balaban J connectivity index is 1.99. The molecule has 2 amide bonds. The third-order valence-corrected chi connectivity index (χ3v) is 8.16. The number of halogens is 1. The van der Waals surface area contributed by atoms with Gasteiger partial charge in [-0.3, -0.25) is 9.59 Å². The van der Waals surface area contributed by atoms with Gasteiger partial charge in [0.1, 0.15) is 23.7 Å². The van der Waals surface area contributed by atoms with Crippen molar-refractivity contribution in [1.82, 2.24) is 10.2 Å². The molecule has 3 atom stereocenters. The Bertz CT molecular complexity index is 1330. The molecule has 2 aromatic carbocycles. The number of ketones is 1. The van der Waals surface area contributed by atoms with Gasteiger partial charge in [0.05, 0.1) is 37.0 Å². The molecule has 11 nitrogen and oxygen atoms in total. The minimum absolute atomic E-state index is 0.0200. The van der Waals surface area contributed by atoms with Crippen molar-refractivity contribution in [2.75, 3.05) is 33.9 Å². The maximum absolute atomic E-state index is 13.7. The van der Waals surface area contributed by atoms with Crippen LogP contribution in [0.25, 0.3) is 0 Å². The van der Waals surface area contributed by atoms with Crippen LogP contribution in [0.4, 0.5) is 0 Å². The molecule has 1 aliphatic carbocycles. The van der Waals surface area contributed by atoms with Crippen LogP contribution in [0.2, 0.25) is 0 Å². The van der Waals surface area contributed by atoms with Crippen molar-refractivity contribution in [3.05, 3.63) is 62.7 Å². The first-order chi connectivity index (χ1) is 21.1. The number of ether oxygens (including phenoxy) is 3. The molecule has 0 aromatic heterocycles. The number of rotatable bonds is 16. The van der Waals surface area contributed by atoms with Crippen molar-refractivity contribution in [2.24, 2.45) is 0 Å². The normalized spacial score (nSPS) is 17.8. The van der Waals surface area contributed by atoms with Crippen LogP contribution in [0.5, 0.6) is 17.2 Å². The highest BCUT2D eigenvalue weighted by Crippen LogP contribution is 2.37. The Morgan fingerprint density at radius 3 is 2.50 bits per heavy atom. The summed E-state index contributed by atoms with van der Waals surface area (Å²) in [6, 6.07) is 9.99. The second-order valence-electron chi connectivity index (χ2n) is 10.5. The number of hydrogen-bond acceptors (Lipinski definition) is 9. The van der Waals surface area contributed by atoms with E-state index in [4.69, 9.17) is 14.2 Å². The fraction of sp³-hybridized carbons (Fsp3) is 0.469. The quantitative estimate of drug-likeness (QED) is 0.191. The number of aliphatic hydroxyl groups excluding tert-OH is 3. The molecule has 12 heteroatoms. The first kappa shape index (κ1) is 35.3. The van der Waals surface area contributed by atoms with Gasteiger partial charge in [-0.05, 0) is 83.8 Å². The Kier molecular flexibility index (Phi) is 13.9. The smallest absolute Gasteiger partial charge is 0.247 e. The maximum Gasteiger partial charge on any atom is 0.247 e. The molecule has 0 saturated carbocycles. The van der Waals surface area contributed by atoms with E-state index in [2.05, 4.69) is 5.32 Å². The number of carbonyl (C=O) groups excluding carboxylic acids is 3. The van der Waals surface area contributed by atoms with Crippen LogP contribution < -0.4 is 19.5 Å². The summed E-state index contributed by atoms with van der Waals surface area (Å²) in [5.74, 6) is 0.609. The van der Waals surface area contributed by atoms with E-state index >= 15 is 0 Å². The molecular formula is C32H41IN2O9. The van der Waals surface area contributed by atoms with Crippen LogP contribution in [0, 0.1) is 3.57 Å². The zero-order valence-electron chi connectivity index (χ0n) is 25.3. The highest BCUT2D eigenvalue weighted by Gasteiger charge is 2.40. The van der Waals surface area contributed by atoms with Crippen molar-refractivity contribution in [3.8, 4) is 17.2 Å². The van der Waals surface area contributed by atoms with Gasteiger partial charge in [0.25, 0.3) is 0 Å². The Morgan fingerprint density at radius 1 is 1.07 bits per heavy atom. The number of hydrogen-bond donors (Lipinski definition) is 4. The van der Waals surface area contributed by atoms with Gasteiger partial charge in [0, 0.05) is 37.9 Å². The molecule has 0 aliphatic heterocycles. The van der Waals surface area contributed by atoms with Crippen molar-refractivity contribution in [1.29, 1.82) is 0 Å². The predicted octanol–water partition coefficient (Wildman–Crippen LogP) is 2.55. The van der Waals surface area contributed by atoms with Crippen LogP contribution in [0.3, 0.4) is 0 Å². The fourth-order valence-corrected chi connectivity index (χ4v) is 5.87. The summed E-state index contributed by atoms with van der Waals surface area (Å²) in [4.78, 5) is 40.0. The molecule has 0 saturated heterocycles. The second kappa shape index (κ2) is 17.3. The summed E-state index contributed by atoms with van der Waals surface area (Å²) >= 11 is 2.05. The zero-order chi connectivity index (χ0) is 32.2. The Hall–Kier alpha value is -3.20. The van der Waals surface area contributed by atoms with Crippen LogP contribution in [-0.4, -0.2) is 90.0 Å². The fourth-order valence-electron chi connectivity index (χ4n) is 5.08. The SMILES string of the molecule is COc1cccc(CCN(C(=O)CCCC(C)=O)C2CC(C(=O)NCCO)=CC(Oc3c(I)cc(CO)cc3OC)C2O)c1. The summed E-state index contributed by atoms with van der Waals surface area (Å²) in [5.41, 5.74) is 1.83. The number of aliphatic hydroxyl groups is 3. The van der Waals surface area contributed by atoms with Crippen molar-refractivity contribution in [3.63, 3.8) is 0 Å². The first-order valence-corrected chi connectivity index (χ1v) is 15.5. The highest BCUT2D eigenvalue weighted by molar-refractivity contribution is 14.1. The van der Waals surface area contributed by atoms with E-state index < -0.39 is 24.2 Å². The number of nitrogens with one attached hydrogen (secondary N) is 1. The third kappa shape index (κ3) is 9.65. The van der Waals surface area contributed by atoms with E-state index in [1.165, 1.54) is 20.1 Å². The van der Waals surface area contributed by atoms with Gasteiger partial charge < -0.3 is 44.5 Å². The molecule has 0 heterocycles. The molecule has 2 aromatic rings. The van der Waals surface area contributed by atoms with E-state index in [1.54, 1.807) is 24.1 Å². The van der Waals surface area contributed by atoms with E-state index in [9.17, 15) is 29.7 Å². The first-order valence-electron chi connectivity index (χ1n) is 14.4. The van der Waals surface area contributed by atoms with Gasteiger partial charge in [-0.2, -0.15) is 0 Å². The number of methoxy groups -OCH3 is 2. The second-order valence-corrected chi connectivity index (χ2v) is 11.7. The molecule has 240 valence electrons.